The lowest BCUT2D eigenvalue weighted by molar-refractivity contribution is -0.129. The summed E-state index contributed by atoms with van der Waals surface area (Å²) in [5.74, 6) is 0.938. The van der Waals surface area contributed by atoms with Gasteiger partial charge in [-0.15, -0.1) is 0 Å². The number of nitrogens with zero attached hydrogens (tertiary/aromatic N) is 2. The van der Waals surface area contributed by atoms with Crippen molar-refractivity contribution in [3.8, 4) is 11.5 Å². The Morgan fingerprint density at radius 3 is 2.58 bits per heavy atom. The van der Waals surface area contributed by atoms with E-state index in [1.54, 1.807) is 18.2 Å². The molecular weight excluding hydrogens is 424 g/mol. The Hall–Kier alpha value is -3.59. The second-order valence-corrected chi connectivity index (χ2v) is 8.55. The zero-order valence-corrected chi connectivity index (χ0v) is 18.2. The van der Waals surface area contributed by atoms with Crippen LogP contribution in [0.25, 0.3) is 0 Å². The molecule has 2 fully saturated rings. The van der Waals surface area contributed by atoms with E-state index in [1.165, 1.54) is 4.90 Å². The van der Waals surface area contributed by atoms with Gasteiger partial charge in [0, 0.05) is 37.2 Å². The van der Waals surface area contributed by atoms with Crippen LogP contribution in [-0.4, -0.2) is 60.2 Å². The Balaban J connectivity index is 1.11. The van der Waals surface area contributed by atoms with E-state index in [1.807, 2.05) is 35.2 Å². The molecule has 9 nitrogen and oxygen atoms in total. The number of carbonyl (C=O) groups is 3. The SMILES string of the molecule is O=C(Nc1ccc2c(c1)OCO2)C1CCN(CN2C(=O)N[C@H](Cc3ccccc3)C2=O)CC1. The molecule has 2 saturated heterocycles. The molecule has 2 aromatic carbocycles. The number of fused-ring (bicyclic) bond motifs is 1. The van der Waals surface area contributed by atoms with E-state index in [0.29, 0.717) is 49.5 Å². The number of rotatable bonds is 6. The second-order valence-electron chi connectivity index (χ2n) is 8.55. The summed E-state index contributed by atoms with van der Waals surface area (Å²) in [5.41, 5.74) is 1.68. The van der Waals surface area contributed by atoms with Crippen molar-refractivity contribution in [2.75, 3.05) is 31.9 Å². The predicted octanol–water partition coefficient (Wildman–Crippen LogP) is 2.19. The average molecular weight is 450 g/mol. The van der Waals surface area contributed by atoms with E-state index in [9.17, 15) is 14.4 Å². The van der Waals surface area contributed by atoms with E-state index in [0.717, 1.165) is 5.56 Å². The molecule has 1 atom stereocenters. The zero-order chi connectivity index (χ0) is 22.8. The Bertz CT molecular complexity index is 1050. The van der Waals surface area contributed by atoms with Crippen molar-refractivity contribution in [2.24, 2.45) is 5.92 Å². The van der Waals surface area contributed by atoms with E-state index in [-0.39, 0.29) is 37.2 Å². The summed E-state index contributed by atoms with van der Waals surface area (Å²) in [5, 5.41) is 5.74. The number of ether oxygens (including phenoxy) is 2. The molecular formula is C24H26N4O5. The molecule has 172 valence electrons. The van der Waals surface area contributed by atoms with Gasteiger partial charge in [0.05, 0.1) is 6.67 Å². The Kier molecular flexibility index (Phi) is 5.87. The molecule has 0 unspecified atom stereocenters. The highest BCUT2D eigenvalue weighted by Gasteiger charge is 2.39. The van der Waals surface area contributed by atoms with Gasteiger partial charge >= 0.3 is 6.03 Å². The van der Waals surface area contributed by atoms with Crippen LogP contribution in [0.3, 0.4) is 0 Å². The van der Waals surface area contributed by atoms with Crippen LogP contribution in [0.15, 0.2) is 48.5 Å². The summed E-state index contributed by atoms with van der Waals surface area (Å²) >= 11 is 0. The van der Waals surface area contributed by atoms with Gasteiger partial charge in [-0.3, -0.25) is 14.5 Å². The zero-order valence-electron chi connectivity index (χ0n) is 18.2. The van der Waals surface area contributed by atoms with Crippen molar-refractivity contribution in [3.05, 3.63) is 54.1 Å². The summed E-state index contributed by atoms with van der Waals surface area (Å²) in [6, 6.07) is 14.1. The van der Waals surface area contributed by atoms with Gasteiger partial charge in [-0.2, -0.15) is 0 Å². The third kappa shape index (κ3) is 4.63. The first-order valence-electron chi connectivity index (χ1n) is 11.2. The number of amides is 4. The van der Waals surface area contributed by atoms with Crippen LogP contribution in [0.1, 0.15) is 18.4 Å². The van der Waals surface area contributed by atoms with Crippen LogP contribution >= 0.6 is 0 Å². The van der Waals surface area contributed by atoms with Gasteiger partial charge in [-0.1, -0.05) is 30.3 Å². The van der Waals surface area contributed by atoms with Gasteiger partial charge < -0.3 is 20.1 Å². The van der Waals surface area contributed by atoms with Crippen molar-refractivity contribution >= 4 is 23.5 Å². The van der Waals surface area contributed by atoms with Crippen LogP contribution in [0, 0.1) is 5.92 Å². The molecule has 0 radical (unpaired) electrons. The monoisotopic (exact) mass is 450 g/mol. The Morgan fingerprint density at radius 1 is 1.03 bits per heavy atom. The fraction of sp³-hybridized carbons (Fsp3) is 0.375. The highest BCUT2D eigenvalue weighted by molar-refractivity contribution is 6.04. The largest absolute Gasteiger partial charge is 0.454 e. The van der Waals surface area contributed by atoms with Crippen LogP contribution in [0.4, 0.5) is 10.5 Å². The van der Waals surface area contributed by atoms with E-state index in [4.69, 9.17) is 9.47 Å². The molecule has 0 bridgehead atoms. The lowest BCUT2D eigenvalue weighted by Crippen LogP contribution is -2.46. The Labute approximate surface area is 191 Å². The van der Waals surface area contributed by atoms with Crippen LogP contribution in [0.2, 0.25) is 0 Å². The molecule has 3 heterocycles. The van der Waals surface area contributed by atoms with Crippen LogP contribution in [0.5, 0.6) is 11.5 Å². The molecule has 0 spiro atoms. The molecule has 33 heavy (non-hydrogen) atoms. The van der Waals surface area contributed by atoms with Crippen LogP contribution < -0.4 is 20.1 Å². The van der Waals surface area contributed by atoms with E-state index >= 15 is 0 Å². The molecule has 4 amide bonds. The lowest BCUT2D eigenvalue weighted by atomic mass is 9.96. The quantitative estimate of drug-likeness (QED) is 0.655. The minimum Gasteiger partial charge on any atom is -0.454 e. The Morgan fingerprint density at radius 2 is 1.79 bits per heavy atom. The van der Waals surface area contributed by atoms with Crippen molar-refractivity contribution < 1.29 is 23.9 Å². The number of nitrogens with one attached hydrogen (secondary N) is 2. The molecule has 0 aromatic heterocycles. The van der Waals surface area contributed by atoms with Crippen molar-refractivity contribution in [1.29, 1.82) is 0 Å². The van der Waals surface area contributed by atoms with Crippen molar-refractivity contribution in [1.82, 2.24) is 15.1 Å². The number of carbonyl (C=O) groups excluding carboxylic acids is 3. The minimum atomic E-state index is -0.537. The number of urea groups is 1. The summed E-state index contributed by atoms with van der Waals surface area (Å²) < 4.78 is 10.7. The molecule has 0 aliphatic carbocycles. The highest BCUT2D eigenvalue weighted by atomic mass is 16.7. The van der Waals surface area contributed by atoms with Gasteiger partial charge in [0.1, 0.15) is 6.04 Å². The average Bonchev–Trinajstić information content (AvgIpc) is 3.40. The summed E-state index contributed by atoms with van der Waals surface area (Å²) in [7, 11) is 0. The number of piperidine rings is 1. The smallest absolute Gasteiger partial charge is 0.325 e. The minimum absolute atomic E-state index is 0.0357. The standard InChI is InChI=1S/C24H26N4O5/c29-22(25-18-6-7-20-21(13-18)33-15-32-20)17-8-10-27(11-9-17)14-28-23(30)19(26-24(28)31)12-16-4-2-1-3-5-16/h1-7,13,17,19H,8-12,14-15H2,(H,25,29)(H,26,31)/t19-/m1/s1. The first-order chi connectivity index (χ1) is 16.1. The van der Waals surface area contributed by atoms with Gasteiger partial charge in [-0.05, 0) is 30.5 Å². The van der Waals surface area contributed by atoms with E-state index < -0.39 is 6.04 Å². The van der Waals surface area contributed by atoms with Gasteiger partial charge in [0.15, 0.2) is 11.5 Å². The topological polar surface area (TPSA) is 100 Å². The number of hydrogen-bond acceptors (Lipinski definition) is 6. The normalized spacial score (nSPS) is 20.7. The lowest BCUT2D eigenvalue weighted by Gasteiger charge is -2.33. The molecule has 3 aliphatic rings. The van der Waals surface area contributed by atoms with Gasteiger partial charge in [0.2, 0.25) is 12.7 Å². The number of hydrogen-bond donors (Lipinski definition) is 2. The fourth-order valence-corrected chi connectivity index (χ4v) is 4.45. The van der Waals surface area contributed by atoms with Crippen molar-refractivity contribution in [2.45, 2.75) is 25.3 Å². The number of likely N-dealkylation sites (tertiary alicyclic amines) is 1. The summed E-state index contributed by atoms with van der Waals surface area (Å²) in [6.45, 7) is 1.71. The van der Waals surface area contributed by atoms with Gasteiger partial charge in [-0.25, -0.2) is 9.69 Å². The molecule has 5 rings (SSSR count). The summed E-state index contributed by atoms with van der Waals surface area (Å²) in [6.07, 6.45) is 1.80. The number of imide groups is 1. The molecule has 0 saturated carbocycles. The second kappa shape index (κ2) is 9.11. The van der Waals surface area contributed by atoms with Crippen molar-refractivity contribution in [3.63, 3.8) is 0 Å². The molecule has 2 aromatic rings. The summed E-state index contributed by atoms with van der Waals surface area (Å²) in [4.78, 5) is 41.2. The predicted molar refractivity (Wildman–Crippen MR) is 120 cm³/mol. The van der Waals surface area contributed by atoms with E-state index in [2.05, 4.69) is 10.6 Å². The maximum Gasteiger partial charge on any atom is 0.325 e. The molecule has 2 N–H and O–H groups in total. The third-order valence-electron chi connectivity index (χ3n) is 6.33. The first-order valence-corrected chi connectivity index (χ1v) is 11.2. The highest BCUT2D eigenvalue weighted by Crippen LogP contribution is 2.34. The van der Waals surface area contributed by atoms with Crippen LogP contribution in [-0.2, 0) is 16.0 Å². The molecule has 3 aliphatic heterocycles. The fourth-order valence-electron chi connectivity index (χ4n) is 4.45. The maximum atomic E-state index is 12.8. The number of benzene rings is 2. The number of anilines is 1. The maximum absolute atomic E-state index is 12.8. The van der Waals surface area contributed by atoms with Gasteiger partial charge in [0.25, 0.3) is 5.91 Å². The third-order valence-corrected chi connectivity index (χ3v) is 6.33. The first kappa shape index (κ1) is 21.3. The molecule has 9 heteroatoms.